The van der Waals surface area contributed by atoms with Crippen molar-refractivity contribution >= 4 is 17.8 Å². The molecule has 1 aliphatic heterocycles. The lowest BCUT2D eigenvalue weighted by atomic mass is 10.1. The van der Waals surface area contributed by atoms with E-state index < -0.39 is 11.8 Å². The first kappa shape index (κ1) is 16.3. The SMILES string of the molecule is Nc1ccc(/C=C/C(=O)NOCN2CCC(F)(F)CC2)cn1. The molecule has 1 aliphatic rings. The Hall–Kier alpha value is -2.06. The number of nitrogen functional groups attached to an aromatic ring is 1. The lowest BCUT2D eigenvalue weighted by Gasteiger charge is -2.30. The number of hydroxylamine groups is 1. The lowest BCUT2D eigenvalue weighted by molar-refractivity contribution is -0.137. The summed E-state index contributed by atoms with van der Waals surface area (Å²) in [5.74, 6) is -2.63. The number of piperidine rings is 1. The van der Waals surface area contributed by atoms with Crippen LogP contribution in [0.15, 0.2) is 24.4 Å². The average Bonchev–Trinajstić information content (AvgIpc) is 2.48. The van der Waals surface area contributed by atoms with Crippen LogP contribution < -0.4 is 11.2 Å². The Morgan fingerprint density at radius 2 is 2.18 bits per heavy atom. The number of amides is 1. The van der Waals surface area contributed by atoms with Crippen LogP contribution in [0.1, 0.15) is 18.4 Å². The number of hydrogen-bond donors (Lipinski definition) is 2. The summed E-state index contributed by atoms with van der Waals surface area (Å²) in [6.45, 7) is 0.574. The summed E-state index contributed by atoms with van der Waals surface area (Å²) in [5, 5.41) is 0. The molecule has 3 N–H and O–H groups in total. The largest absolute Gasteiger partial charge is 0.384 e. The maximum absolute atomic E-state index is 13.0. The normalized spacial score (nSPS) is 18.5. The van der Waals surface area contributed by atoms with Crippen LogP contribution in [-0.4, -0.2) is 41.5 Å². The van der Waals surface area contributed by atoms with Gasteiger partial charge in [0.05, 0.1) is 0 Å². The number of likely N-dealkylation sites (tertiary alicyclic amines) is 1. The van der Waals surface area contributed by atoms with E-state index in [9.17, 15) is 13.6 Å². The zero-order valence-electron chi connectivity index (χ0n) is 12.0. The number of nitrogens with one attached hydrogen (secondary N) is 1. The van der Waals surface area contributed by atoms with Crippen molar-refractivity contribution < 1.29 is 18.4 Å². The highest BCUT2D eigenvalue weighted by Gasteiger charge is 2.33. The average molecular weight is 312 g/mol. The third-order valence-electron chi connectivity index (χ3n) is 3.24. The Morgan fingerprint density at radius 1 is 1.45 bits per heavy atom. The van der Waals surface area contributed by atoms with Crippen molar-refractivity contribution in [2.24, 2.45) is 0 Å². The minimum atomic E-state index is -2.59. The van der Waals surface area contributed by atoms with Gasteiger partial charge in [-0.25, -0.2) is 19.2 Å². The number of hydrogen-bond acceptors (Lipinski definition) is 5. The fourth-order valence-electron chi connectivity index (χ4n) is 1.93. The van der Waals surface area contributed by atoms with E-state index in [1.54, 1.807) is 23.1 Å². The van der Waals surface area contributed by atoms with E-state index in [4.69, 9.17) is 10.6 Å². The molecule has 0 unspecified atom stereocenters. The maximum Gasteiger partial charge on any atom is 0.267 e. The summed E-state index contributed by atoms with van der Waals surface area (Å²) < 4.78 is 25.9. The molecule has 0 bridgehead atoms. The lowest BCUT2D eigenvalue weighted by Crippen LogP contribution is -2.42. The predicted molar refractivity (Wildman–Crippen MR) is 77.5 cm³/mol. The standard InChI is InChI=1S/C14H18F2N4O2/c15-14(16)5-7-20(8-6-14)10-22-19-13(21)4-2-11-1-3-12(17)18-9-11/h1-4,9H,5-8,10H2,(H2,17,18)(H,19,21)/b4-2+. The van der Waals surface area contributed by atoms with Crippen LogP contribution in [0.25, 0.3) is 6.08 Å². The Balaban J connectivity index is 1.67. The van der Waals surface area contributed by atoms with Crippen molar-refractivity contribution in [3.63, 3.8) is 0 Å². The molecule has 2 rings (SSSR count). The number of anilines is 1. The molecule has 1 aromatic heterocycles. The third kappa shape index (κ3) is 5.38. The van der Waals surface area contributed by atoms with Gasteiger partial charge in [-0.3, -0.25) is 14.5 Å². The highest BCUT2D eigenvalue weighted by atomic mass is 19.3. The number of nitrogens with two attached hydrogens (primary N) is 1. The Bertz CT molecular complexity index is 524. The molecule has 22 heavy (non-hydrogen) atoms. The van der Waals surface area contributed by atoms with Crippen LogP contribution in [0.5, 0.6) is 0 Å². The Kier molecular flexibility index (Phi) is 5.40. The van der Waals surface area contributed by atoms with Crippen LogP contribution in [0.2, 0.25) is 0 Å². The first-order valence-corrected chi connectivity index (χ1v) is 6.86. The monoisotopic (exact) mass is 312 g/mol. The summed E-state index contributed by atoms with van der Waals surface area (Å²) in [7, 11) is 0. The molecule has 8 heteroatoms. The van der Waals surface area contributed by atoms with Gasteiger partial charge in [0.25, 0.3) is 11.8 Å². The topological polar surface area (TPSA) is 80.5 Å². The first-order chi connectivity index (χ1) is 10.4. The van der Waals surface area contributed by atoms with Crippen LogP contribution in [0.3, 0.4) is 0 Å². The van der Waals surface area contributed by atoms with Crippen LogP contribution >= 0.6 is 0 Å². The first-order valence-electron chi connectivity index (χ1n) is 6.86. The van der Waals surface area contributed by atoms with E-state index in [0.717, 1.165) is 5.56 Å². The molecule has 1 fully saturated rings. The molecule has 6 nitrogen and oxygen atoms in total. The molecule has 0 saturated carbocycles. The van der Waals surface area contributed by atoms with E-state index >= 15 is 0 Å². The summed E-state index contributed by atoms with van der Waals surface area (Å²) in [4.78, 5) is 22.1. The number of pyridine rings is 1. The Labute approximate surface area is 126 Å². The maximum atomic E-state index is 13.0. The number of alkyl halides is 2. The molecule has 0 atom stereocenters. The van der Waals surface area contributed by atoms with Crippen LogP contribution in [0.4, 0.5) is 14.6 Å². The minimum absolute atomic E-state index is 0.0824. The number of nitrogens with zero attached hydrogens (tertiary/aromatic N) is 2. The van der Waals surface area contributed by atoms with Crippen LogP contribution in [0, 0.1) is 0 Å². The van der Waals surface area contributed by atoms with Crippen molar-refractivity contribution in [1.82, 2.24) is 15.4 Å². The van der Waals surface area contributed by atoms with Gasteiger partial charge in [0, 0.05) is 38.2 Å². The molecular formula is C14H18F2N4O2. The summed E-state index contributed by atoms with van der Waals surface area (Å²) >= 11 is 0. The van der Waals surface area contributed by atoms with Crippen molar-refractivity contribution in [3.05, 3.63) is 30.0 Å². The zero-order valence-corrected chi connectivity index (χ0v) is 12.0. The van der Waals surface area contributed by atoms with Crippen molar-refractivity contribution in [1.29, 1.82) is 0 Å². The molecule has 120 valence electrons. The number of halogens is 2. The molecular weight excluding hydrogens is 294 g/mol. The predicted octanol–water partition coefficient (Wildman–Crippen LogP) is 1.41. The smallest absolute Gasteiger partial charge is 0.267 e. The Morgan fingerprint density at radius 3 is 2.82 bits per heavy atom. The second kappa shape index (κ2) is 7.28. The third-order valence-corrected chi connectivity index (χ3v) is 3.24. The molecule has 0 aromatic carbocycles. The van der Waals surface area contributed by atoms with Gasteiger partial charge >= 0.3 is 0 Å². The fourth-order valence-corrected chi connectivity index (χ4v) is 1.93. The number of carbonyl (C=O) groups excluding carboxylic acids is 1. The quantitative estimate of drug-likeness (QED) is 0.635. The second-order valence-electron chi connectivity index (χ2n) is 5.06. The molecule has 0 spiro atoms. The highest BCUT2D eigenvalue weighted by Crippen LogP contribution is 2.27. The molecule has 0 aliphatic carbocycles. The zero-order chi connectivity index (χ0) is 16.0. The van der Waals surface area contributed by atoms with Gasteiger partial charge in [0.2, 0.25) is 0 Å². The molecule has 2 heterocycles. The van der Waals surface area contributed by atoms with E-state index in [1.807, 2.05) is 0 Å². The summed E-state index contributed by atoms with van der Waals surface area (Å²) in [6.07, 6.45) is 4.01. The van der Waals surface area contributed by atoms with Gasteiger partial charge in [-0.2, -0.15) is 0 Å². The molecule has 0 radical (unpaired) electrons. The van der Waals surface area contributed by atoms with E-state index in [1.165, 1.54) is 12.3 Å². The number of aromatic nitrogens is 1. The van der Waals surface area contributed by atoms with Crippen molar-refractivity contribution in [2.45, 2.75) is 18.8 Å². The highest BCUT2D eigenvalue weighted by molar-refractivity contribution is 5.90. The fraction of sp³-hybridized carbons (Fsp3) is 0.429. The van der Waals surface area contributed by atoms with Gasteiger partial charge in [0.15, 0.2) is 0 Å². The van der Waals surface area contributed by atoms with Gasteiger partial charge in [-0.15, -0.1) is 0 Å². The van der Waals surface area contributed by atoms with Gasteiger partial charge in [-0.05, 0) is 23.8 Å². The van der Waals surface area contributed by atoms with E-state index in [2.05, 4.69) is 10.5 Å². The summed E-state index contributed by atoms with van der Waals surface area (Å²) in [6, 6.07) is 3.35. The molecule has 1 amide bonds. The van der Waals surface area contributed by atoms with Gasteiger partial charge in [-0.1, -0.05) is 0 Å². The van der Waals surface area contributed by atoms with Crippen LogP contribution in [-0.2, 0) is 9.63 Å². The molecule has 1 saturated heterocycles. The van der Waals surface area contributed by atoms with Crippen molar-refractivity contribution in [2.75, 3.05) is 25.6 Å². The number of carbonyl (C=O) groups is 1. The minimum Gasteiger partial charge on any atom is -0.384 e. The van der Waals surface area contributed by atoms with Crippen molar-refractivity contribution in [3.8, 4) is 0 Å². The van der Waals surface area contributed by atoms with Gasteiger partial charge < -0.3 is 5.73 Å². The summed E-state index contributed by atoms with van der Waals surface area (Å²) in [5.41, 5.74) is 8.41. The second-order valence-corrected chi connectivity index (χ2v) is 5.06. The van der Waals surface area contributed by atoms with E-state index in [-0.39, 0.29) is 32.7 Å². The number of rotatable bonds is 5. The molecule has 1 aromatic rings. The van der Waals surface area contributed by atoms with E-state index in [0.29, 0.717) is 5.82 Å². The van der Waals surface area contributed by atoms with Gasteiger partial charge in [0.1, 0.15) is 12.5 Å².